The lowest BCUT2D eigenvalue weighted by atomic mass is 9.75. The number of nitro groups is 1. The van der Waals surface area contributed by atoms with Gasteiger partial charge >= 0.3 is 5.69 Å². The van der Waals surface area contributed by atoms with Crippen LogP contribution in [0.25, 0.3) is 0 Å². The smallest absolute Gasteiger partial charge is 0.372 e. The van der Waals surface area contributed by atoms with Crippen molar-refractivity contribution in [3.63, 3.8) is 0 Å². The molecule has 0 amide bonds. The highest BCUT2D eigenvalue weighted by atomic mass is 16.6. The van der Waals surface area contributed by atoms with Crippen molar-refractivity contribution < 1.29 is 9.66 Å². The summed E-state index contributed by atoms with van der Waals surface area (Å²) in [6, 6.07) is 0.210. The second-order valence-corrected chi connectivity index (χ2v) is 5.92. The predicted octanol–water partition coefficient (Wildman–Crippen LogP) is 2.77. The van der Waals surface area contributed by atoms with Crippen molar-refractivity contribution in [2.24, 2.45) is 5.41 Å². The molecule has 0 saturated heterocycles. The van der Waals surface area contributed by atoms with Crippen LogP contribution in [0.1, 0.15) is 39.5 Å². The summed E-state index contributed by atoms with van der Waals surface area (Å²) in [5.41, 5.74) is 0.160. The monoisotopic (exact) mass is 280 g/mol. The van der Waals surface area contributed by atoms with Gasteiger partial charge in [0.25, 0.3) is 5.88 Å². The van der Waals surface area contributed by atoms with Gasteiger partial charge in [0.2, 0.25) is 5.82 Å². The van der Waals surface area contributed by atoms with E-state index in [9.17, 15) is 10.1 Å². The van der Waals surface area contributed by atoms with Gasteiger partial charge in [0.1, 0.15) is 6.33 Å². The fourth-order valence-electron chi connectivity index (χ4n) is 2.52. The van der Waals surface area contributed by atoms with Crippen LogP contribution in [0, 0.1) is 15.5 Å². The van der Waals surface area contributed by atoms with Crippen LogP contribution in [0.5, 0.6) is 5.88 Å². The van der Waals surface area contributed by atoms with E-state index in [1.54, 1.807) is 0 Å². The molecule has 0 aromatic carbocycles. The Kier molecular flexibility index (Phi) is 4.06. The molecule has 1 aromatic heterocycles. The Balaban J connectivity index is 2.16. The topological polar surface area (TPSA) is 90.2 Å². The van der Waals surface area contributed by atoms with Gasteiger partial charge in [-0.1, -0.05) is 13.8 Å². The van der Waals surface area contributed by atoms with Crippen molar-refractivity contribution in [3.05, 3.63) is 16.4 Å². The maximum absolute atomic E-state index is 11.2. The van der Waals surface area contributed by atoms with Gasteiger partial charge in [0.15, 0.2) is 0 Å². The molecule has 0 spiro atoms. The summed E-state index contributed by atoms with van der Waals surface area (Å²) in [7, 11) is 1.36. The Morgan fingerprint density at radius 2 is 2.05 bits per heavy atom. The Morgan fingerprint density at radius 1 is 1.40 bits per heavy atom. The summed E-state index contributed by atoms with van der Waals surface area (Å²) in [6.45, 7) is 4.50. The Bertz CT molecular complexity index is 494. The van der Waals surface area contributed by atoms with Gasteiger partial charge < -0.3 is 10.1 Å². The van der Waals surface area contributed by atoms with E-state index in [1.807, 2.05) is 0 Å². The molecule has 2 rings (SSSR count). The summed E-state index contributed by atoms with van der Waals surface area (Å²) >= 11 is 0. The lowest BCUT2D eigenvalue weighted by molar-refractivity contribution is -0.385. The van der Waals surface area contributed by atoms with E-state index in [0.717, 1.165) is 25.7 Å². The van der Waals surface area contributed by atoms with Crippen molar-refractivity contribution in [1.29, 1.82) is 0 Å². The van der Waals surface area contributed by atoms with Gasteiger partial charge in [0, 0.05) is 6.04 Å². The third kappa shape index (κ3) is 3.15. The molecule has 7 heteroatoms. The fraction of sp³-hybridized carbons (Fsp3) is 0.692. The average Bonchev–Trinajstić information content (AvgIpc) is 2.40. The van der Waals surface area contributed by atoms with E-state index >= 15 is 0 Å². The van der Waals surface area contributed by atoms with Crippen LogP contribution < -0.4 is 10.1 Å². The van der Waals surface area contributed by atoms with Crippen LogP contribution in [-0.4, -0.2) is 28.0 Å². The van der Waals surface area contributed by atoms with Crippen LogP contribution in [0.3, 0.4) is 0 Å². The van der Waals surface area contributed by atoms with E-state index in [-0.39, 0.29) is 23.4 Å². The van der Waals surface area contributed by atoms with Crippen molar-refractivity contribution in [3.8, 4) is 5.88 Å². The van der Waals surface area contributed by atoms with Gasteiger partial charge in [-0.2, -0.15) is 4.98 Å². The molecule has 0 unspecified atom stereocenters. The first kappa shape index (κ1) is 14.5. The highest BCUT2D eigenvalue weighted by Gasteiger charge is 2.30. The quantitative estimate of drug-likeness (QED) is 0.673. The SMILES string of the molecule is COc1ncnc(NC2CCC(C)(C)CC2)c1[N+](=O)[O-]. The normalized spacial score (nSPS) is 18.6. The van der Waals surface area contributed by atoms with Gasteiger partial charge in [-0.3, -0.25) is 10.1 Å². The minimum absolute atomic E-state index is 0.0105. The average molecular weight is 280 g/mol. The van der Waals surface area contributed by atoms with Crippen molar-refractivity contribution in [1.82, 2.24) is 9.97 Å². The summed E-state index contributed by atoms with van der Waals surface area (Å²) in [5.74, 6) is 0.232. The molecular formula is C13H20N4O3. The molecule has 1 N–H and O–H groups in total. The lowest BCUT2D eigenvalue weighted by Crippen LogP contribution is -2.30. The van der Waals surface area contributed by atoms with Crippen LogP contribution >= 0.6 is 0 Å². The van der Waals surface area contributed by atoms with Crippen LogP contribution in [0.15, 0.2) is 6.33 Å². The third-order valence-electron chi connectivity index (χ3n) is 3.84. The van der Waals surface area contributed by atoms with E-state index < -0.39 is 4.92 Å². The van der Waals surface area contributed by atoms with Crippen molar-refractivity contribution in [2.75, 3.05) is 12.4 Å². The first-order chi connectivity index (χ1) is 9.43. The van der Waals surface area contributed by atoms with Gasteiger partial charge in [-0.15, -0.1) is 0 Å². The predicted molar refractivity (Wildman–Crippen MR) is 74.9 cm³/mol. The highest BCUT2D eigenvalue weighted by molar-refractivity contribution is 5.61. The minimum Gasteiger partial charge on any atom is -0.476 e. The number of nitrogens with one attached hydrogen (secondary N) is 1. The van der Waals surface area contributed by atoms with Gasteiger partial charge in [-0.05, 0) is 31.1 Å². The summed E-state index contributed by atoms with van der Waals surface area (Å²) in [4.78, 5) is 18.4. The van der Waals surface area contributed by atoms with Crippen LogP contribution in [0.4, 0.5) is 11.5 Å². The molecule has 0 atom stereocenters. The maximum Gasteiger partial charge on any atom is 0.372 e. The van der Waals surface area contributed by atoms with Crippen LogP contribution in [-0.2, 0) is 0 Å². The number of hydrogen-bond acceptors (Lipinski definition) is 6. The molecule has 1 heterocycles. The standard InChI is InChI=1S/C13H20N4O3/c1-13(2)6-4-9(5-7-13)16-11-10(17(18)19)12(20-3)15-8-14-11/h8-9H,4-7H2,1-3H3,(H,14,15,16). The lowest BCUT2D eigenvalue weighted by Gasteiger charge is -2.34. The maximum atomic E-state index is 11.2. The number of aromatic nitrogens is 2. The molecule has 1 aliphatic rings. The molecule has 1 fully saturated rings. The second kappa shape index (κ2) is 5.60. The number of anilines is 1. The first-order valence-corrected chi connectivity index (χ1v) is 6.73. The number of methoxy groups -OCH3 is 1. The molecule has 20 heavy (non-hydrogen) atoms. The number of rotatable bonds is 4. The molecule has 110 valence electrons. The molecule has 0 bridgehead atoms. The third-order valence-corrected chi connectivity index (χ3v) is 3.84. The summed E-state index contributed by atoms with van der Waals surface area (Å²) in [5, 5.41) is 14.3. The minimum atomic E-state index is -0.506. The number of ether oxygens (including phenoxy) is 1. The zero-order valence-electron chi connectivity index (χ0n) is 12.0. The Labute approximate surface area is 117 Å². The molecule has 0 aliphatic heterocycles. The zero-order valence-corrected chi connectivity index (χ0v) is 12.0. The van der Waals surface area contributed by atoms with Gasteiger partial charge in [-0.25, -0.2) is 4.98 Å². The highest BCUT2D eigenvalue weighted by Crippen LogP contribution is 2.37. The van der Waals surface area contributed by atoms with Crippen LogP contribution in [0.2, 0.25) is 0 Å². The summed E-state index contributed by atoms with van der Waals surface area (Å²) in [6.07, 6.45) is 5.44. The first-order valence-electron chi connectivity index (χ1n) is 6.73. The molecule has 7 nitrogen and oxygen atoms in total. The van der Waals surface area contributed by atoms with E-state index in [4.69, 9.17) is 4.74 Å². The zero-order chi connectivity index (χ0) is 14.8. The molecule has 1 aliphatic carbocycles. The Hall–Kier alpha value is -1.92. The fourth-order valence-corrected chi connectivity index (χ4v) is 2.52. The molecule has 0 radical (unpaired) electrons. The summed E-state index contributed by atoms with van der Waals surface area (Å²) < 4.78 is 4.94. The molecule has 1 saturated carbocycles. The largest absolute Gasteiger partial charge is 0.476 e. The molecule has 1 aromatic rings. The van der Waals surface area contributed by atoms with Gasteiger partial charge in [0.05, 0.1) is 12.0 Å². The van der Waals surface area contributed by atoms with E-state index in [0.29, 0.717) is 5.41 Å². The van der Waals surface area contributed by atoms with E-state index in [2.05, 4.69) is 29.1 Å². The second-order valence-electron chi connectivity index (χ2n) is 5.92. The molecular weight excluding hydrogens is 260 g/mol. The van der Waals surface area contributed by atoms with Crippen molar-refractivity contribution >= 4 is 11.5 Å². The number of hydrogen-bond donors (Lipinski definition) is 1. The van der Waals surface area contributed by atoms with Crippen molar-refractivity contribution in [2.45, 2.75) is 45.6 Å². The Morgan fingerprint density at radius 3 is 2.60 bits per heavy atom. The van der Waals surface area contributed by atoms with E-state index in [1.165, 1.54) is 13.4 Å². The number of nitrogens with zero attached hydrogens (tertiary/aromatic N) is 3.